The highest BCUT2D eigenvalue weighted by Crippen LogP contribution is 2.25. The topological polar surface area (TPSA) is 52.6 Å². The quantitative estimate of drug-likeness (QED) is 0.870. The van der Waals surface area contributed by atoms with Crippen LogP contribution in [0, 0.1) is 0 Å². The molecule has 2 rings (SSSR count). The van der Waals surface area contributed by atoms with E-state index in [1.165, 1.54) is 0 Å². The van der Waals surface area contributed by atoms with Gasteiger partial charge in [0.05, 0.1) is 12.1 Å². The predicted molar refractivity (Wildman–Crippen MR) is 76.4 cm³/mol. The summed E-state index contributed by atoms with van der Waals surface area (Å²) < 4.78 is 0. The van der Waals surface area contributed by atoms with E-state index in [1.807, 2.05) is 11.8 Å². The average molecular weight is 283 g/mol. The molecule has 0 saturated carbocycles. The highest BCUT2D eigenvalue weighted by atomic mass is 35.5. The molecule has 1 aromatic carbocycles. The molecule has 1 aliphatic rings. The lowest BCUT2D eigenvalue weighted by atomic mass is 9.89. The zero-order valence-electron chi connectivity index (χ0n) is 11.0. The van der Waals surface area contributed by atoms with E-state index in [1.54, 1.807) is 24.3 Å². The fourth-order valence-corrected chi connectivity index (χ4v) is 2.58. The van der Waals surface area contributed by atoms with Gasteiger partial charge in [0.25, 0.3) is 0 Å². The van der Waals surface area contributed by atoms with Crippen LogP contribution in [0.4, 0.5) is 5.69 Å². The van der Waals surface area contributed by atoms with Crippen LogP contribution >= 0.6 is 11.6 Å². The number of halogens is 1. The molecule has 1 saturated heterocycles. The van der Waals surface area contributed by atoms with Crippen LogP contribution in [0.3, 0.4) is 0 Å². The molecule has 19 heavy (non-hydrogen) atoms. The molecule has 0 unspecified atom stereocenters. The minimum Gasteiger partial charge on any atom is -0.387 e. The first-order valence-corrected chi connectivity index (χ1v) is 6.89. The second kappa shape index (κ2) is 5.90. The molecule has 0 atom stereocenters. The van der Waals surface area contributed by atoms with Crippen molar-refractivity contribution in [2.45, 2.75) is 25.4 Å². The molecule has 2 N–H and O–H groups in total. The van der Waals surface area contributed by atoms with Crippen LogP contribution in [0.15, 0.2) is 24.3 Å². The van der Waals surface area contributed by atoms with Crippen molar-refractivity contribution in [1.29, 1.82) is 0 Å². The minimum atomic E-state index is -0.588. The Hall–Kier alpha value is -1.10. The Morgan fingerprint density at radius 1 is 1.42 bits per heavy atom. The Morgan fingerprint density at radius 2 is 2.05 bits per heavy atom. The molecule has 0 aromatic heterocycles. The van der Waals surface area contributed by atoms with Crippen molar-refractivity contribution < 1.29 is 9.90 Å². The minimum absolute atomic E-state index is 0.0686. The Balaban J connectivity index is 1.76. The summed E-state index contributed by atoms with van der Waals surface area (Å²) in [5.41, 5.74) is 0.147. The Morgan fingerprint density at radius 3 is 2.63 bits per heavy atom. The van der Waals surface area contributed by atoms with Crippen molar-refractivity contribution in [2.75, 3.05) is 25.0 Å². The largest absolute Gasteiger partial charge is 0.387 e. The molecule has 5 heteroatoms. The van der Waals surface area contributed by atoms with Crippen molar-refractivity contribution >= 4 is 23.2 Å². The first kappa shape index (κ1) is 14.3. The van der Waals surface area contributed by atoms with E-state index in [4.69, 9.17) is 11.6 Å². The van der Waals surface area contributed by atoms with Gasteiger partial charge in [-0.05, 0) is 30.7 Å². The van der Waals surface area contributed by atoms with Gasteiger partial charge in [0.15, 0.2) is 0 Å². The molecule has 0 aliphatic carbocycles. The molecular weight excluding hydrogens is 264 g/mol. The van der Waals surface area contributed by atoms with E-state index in [2.05, 4.69) is 5.32 Å². The van der Waals surface area contributed by atoms with E-state index < -0.39 is 5.60 Å². The maximum Gasteiger partial charge on any atom is 0.238 e. The standard InChI is InChI=1S/C14H19ClN2O2/c1-2-7-14(19)9-17(10-14)8-13(18)16-12-5-3-11(15)4-6-12/h3-6,19H,2,7-10H2,1H3,(H,16,18). The van der Waals surface area contributed by atoms with Gasteiger partial charge in [0, 0.05) is 23.8 Å². The van der Waals surface area contributed by atoms with Gasteiger partial charge in [-0.25, -0.2) is 0 Å². The number of benzene rings is 1. The van der Waals surface area contributed by atoms with Crippen molar-refractivity contribution in [1.82, 2.24) is 4.90 Å². The van der Waals surface area contributed by atoms with Gasteiger partial charge in [0.1, 0.15) is 0 Å². The van der Waals surface area contributed by atoms with Crippen LogP contribution < -0.4 is 5.32 Å². The summed E-state index contributed by atoms with van der Waals surface area (Å²) in [6.07, 6.45) is 1.75. The molecule has 1 aliphatic heterocycles. The van der Waals surface area contributed by atoms with Crippen molar-refractivity contribution in [3.63, 3.8) is 0 Å². The lowest BCUT2D eigenvalue weighted by Gasteiger charge is -2.46. The molecule has 0 spiro atoms. The third-order valence-corrected chi connectivity index (χ3v) is 3.50. The van der Waals surface area contributed by atoms with Gasteiger partial charge < -0.3 is 10.4 Å². The Labute approximate surface area is 118 Å². The zero-order chi connectivity index (χ0) is 13.9. The molecule has 1 aromatic rings. The summed E-state index contributed by atoms with van der Waals surface area (Å²) in [6, 6.07) is 7.01. The SMILES string of the molecule is CCCC1(O)CN(CC(=O)Nc2ccc(Cl)cc2)C1. The van der Waals surface area contributed by atoms with Gasteiger partial charge in [0.2, 0.25) is 5.91 Å². The maximum absolute atomic E-state index is 11.8. The number of amides is 1. The average Bonchev–Trinajstić information content (AvgIpc) is 2.30. The summed E-state index contributed by atoms with van der Waals surface area (Å²) in [6.45, 7) is 3.52. The van der Waals surface area contributed by atoms with Crippen molar-refractivity contribution in [3.8, 4) is 0 Å². The van der Waals surface area contributed by atoms with E-state index in [0.717, 1.165) is 18.5 Å². The second-order valence-electron chi connectivity index (χ2n) is 5.17. The number of nitrogens with zero attached hydrogens (tertiary/aromatic N) is 1. The van der Waals surface area contributed by atoms with Gasteiger partial charge in [-0.1, -0.05) is 24.9 Å². The van der Waals surface area contributed by atoms with E-state index in [0.29, 0.717) is 24.7 Å². The number of aliphatic hydroxyl groups is 1. The molecule has 4 nitrogen and oxygen atoms in total. The number of anilines is 1. The molecule has 0 radical (unpaired) electrons. The molecule has 0 bridgehead atoms. The fraction of sp³-hybridized carbons (Fsp3) is 0.500. The van der Waals surface area contributed by atoms with Crippen LogP contribution in [0.25, 0.3) is 0 Å². The maximum atomic E-state index is 11.8. The van der Waals surface area contributed by atoms with Crippen LogP contribution in [0.2, 0.25) is 5.02 Å². The van der Waals surface area contributed by atoms with Crippen molar-refractivity contribution in [3.05, 3.63) is 29.3 Å². The molecule has 1 heterocycles. The fourth-order valence-electron chi connectivity index (χ4n) is 2.46. The highest BCUT2D eigenvalue weighted by Gasteiger charge is 2.40. The second-order valence-corrected chi connectivity index (χ2v) is 5.61. The van der Waals surface area contributed by atoms with E-state index in [-0.39, 0.29) is 5.91 Å². The normalized spacial score (nSPS) is 17.8. The van der Waals surface area contributed by atoms with Gasteiger partial charge in [-0.2, -0.15) is 0 Å². The van der Waals surface area contributed by atoms with Crippen LogP contribution in [-0.2, 0) is 4.79 Å². The molecule has 104 valence electrons. The van der Waals surface area contributed by atoms with Gasteiger partial charge >= 0.3 is 0 Å². The number of carbonyl (C=O) groups is 1. The van der Waals surface area contributed by atoms with Crippen LogP contribution in [-0.4, -0.2) is 41.1 Å². The highest BCUT2D eigenvalue weighted by molar-refractivity contribution is 6.30. The number of likely N-dealkylation sites (tertiary alicyclic amines) is 1. The molecule has 1 amide bonds. The Kier molecular flexibility index (Phi) is 4.45. The van der Waals surface area contributed by atoms with Crippen LogP contribution in [0.1, 0.15) is 19.8 Å². The lowest BCUT2D eigenvalue weighted by molar-refractivity contribution is -0.129. The summed E-state index contributed by atoms with van der Waals surface area (Å²) >= 11 is 5.78. The lowest BCUT2D eigenvalue weighted by Crippen LogP contribution is -2.62. The zero-order valence-corrected chi connectivity index (χ0v) is 11.8. The number of rotatable bonds is 5. The first-order valence-electron chi connectivity index (χ1n) is 6.51. The number of hydrogen-bond donors (Lipinski definition) is 2. The number of hydrogen-bond acceptors (Lipinski definition) is 3. The molecule has 1 fully saturated rings. The molecular formula is C14H19ClN2O2. The van der Waals surface area contributed by atoms with Gasteiger partial charge in [-0.15, -0.1) is 0 Å². The predicted octanol–water partition coefficient (Wildman–Crippen LogP) is 2.13. The van der Waals surface area contributed by atoms with Crippen LogP contribution in [0.5, 0.6) is 0 Å². The van der Waals surface area contributed by atoms with E-state index >= 15 is 0 Å². The first-order chi connectivity index (χ1) is 9.00. The summed E-state index contributed by atoms with van der Waals surface area (Å²) in [7, 11) is 0. The third kappa shape index (κ3) is 3.93. The number of nitrogens with one attached hydrogen (secondary N) is 1. The summed E-state index contributed by atoms with van der Waals surface area (Å²) in [5, 5.41) is 13.5. The monoisotopic (exact) mass is 282 g/mol. The smallest absolute Gasteiger partial charge is 0.238 e. The summed E-state index contributed by atoms with van der Waals surface area (Å²) in [4.78, 5) is 13.7. The van der Waals surface area contributed by atoms with Crippen molar-refractivity contribution in [2.24, 2.45) is 0 Å². The third-order valence-electron chi connectivity index (χ3n) is 3.25. The number of carbonyl (C=O) groups excluding carboxylic acids is 1. The number of β-amino-alcohol motifs (C(OH)–C–C–N with tert-alkyl or cyclic N) is 1. The van der Waals surface area contributed by atoms with Gasteiger partial charge in [-0.3, -0.25) is 9.69 Å². The Bertz CT molecular complexity index is 441. The summed E-state index contributed by atoms with van der Waals surface area (Å²) in [5.74, 6) is -0.0686. The van der Waals surface area contributed by atoms with E-state index in [9.17, 15) is 9.90 Å².